The van der Waals surface area contributed by atoms with Crippen molar-refractivity contribution in [3.8, 4) is 0 Å². The molecule has 2 rings (SSSR count). The Morgan fingerprint density at radius 2 is 1.59 bits per heavy atom. The van der Waals surface area contributed by atoms with Gasteiger partial charge in [0, 0.05) is 25.1 Å². The van der Waals surface area contributed by atoms with E-state index in [1.165, 1.54) is 0 Å². The van der Waals surface area contributed by atoms with Gasteiger partial charge in [-0.25, -0.2) is 0 Å². The summed E-state index contributed by atoms with van der Waals surface area (Å²) < 4.78 is 5.04. The van der Waals surface area contributed by atoms with Crippen LogP contribution in [0.4, 0.5) is 0 Å². The molecule has 29 heavy (non-hydrogen) atoms. The Labute approximate surface area is 176 Å². The number of ether oxygens (including phenoxy) is 1. The first kappa shape index (κ1) is 22.3. The fourth-order valence-electron chi connectivity index (χ4n) is 2.65. The fraction of sp³-hybridized carbons (Fsp3) is 0.286. The van der Waals surface area contributed by atoms with Gasteiger partial charge in [0.2, 0.25) is 0 Å². The Morgan fingerprint density at radius 1 is 0.966 bits per heavy atom. The highest BCUT2D eigenvalue weighted by Gasteiger charge is 2.22. The molecule has 0 saturated carbocycles. The first-order valence-electron chi connectivity index (χ1n) is 9.24. The molecule has 4 N–H and O–H groups in total. The number of methoxy groups -OCH3 is 1. The Kier molecular flexibility index (Phi) is 9.07. The van der Waals surface area contributed by atoms with Gasteiger partial charge in [-0.3, -0.25) is 20.4 Å². The highest BCUT2D eigenvalue weighted by atomic mass is 32.1. The number of rotatable bonds is 8. The minimum absolute atomic E-state index is 0.0187. The van der Waals surface area contributed by atoms with Crippen LogP contribution in [0.3, 0.4) is 0 Å². The van der Waals surface area contributed by atoms with Crippen LogP contribution in [0, 0.1) is 0 Å². The SMILES string of the molecule is COC[C@@H](C)NC(=S)NNC(=O)[C@H](Cc1ccccc1)NC(=O)c1ccccc1. The Morgan fingerprint density at radius 3 is 2.21 bits per heavy atom. The highest BCUT2D eigenvalue weighted by Crippen LogP contribution is 2.05. The molecule has 2 amide bonds. The average Bonchev–Trinajstić information content (AvgIpc) is 2.73. The third-order valence-corrected chi connectivity index (χ3v) is 4.25. The number of carbonyl (C=O) groups excluding carboxylic acids is 2. The van der Waals surface area contributed by atoms with Crippen molar-refractivity contribution in [1.82, 2.24) is 21.5 Å². The molecule has 0 heterocycles. The Bertz CT molecular complexity index is 802. The van der Waals surface area contributed by atoms with Gasteiger partial charge in [-0.2, -0.15) is 0 Å². The van der Waals surface area contributed by atoms with Crippen LogP contribution >= 0.6 is 12.2 Å². The van der Waals surface area contributed by atoms with E-state index in [2.05, 4.69) is 21.5 Å². The summed E-state index contributed by atoms with van der Waals surface area (Å²) in [7, 11) is 1.60. The van der Waals surface area contributed by atoms with Gasteiger partial charge >= 0.3 is 0 Å². The van der Waals surface area contributed by atoms with Gasteiger partial charge in [-0.05, 0) is 36.8 Å². The Balaban J connectivity index is 2.01. The Hall–Kier alpha value is -2.97. The van der Waals surface area contributed by atoms with Crippen molar-refractivity contribution in [1.29, 1.82) is 0 Å². The van der Waals surface area contributed by atoms with E-state index in [1.54, 1.807) is 31.4 Å². The quantitative estimate of drug-likeness (QED) is 0.387. The molecule has 0 aromatic heterocycles. The standard InChI is InChI=1S/C21H26N4O3S/c1-15(14-28-2)22-21(29)25-24-20(27)18(13-16-9-5-3-6-10-16)23-19(26)17-11-7-4-8-12-17/h3-12,15,18H,13-14H2,1-2H3,(H,23,26)(H,24,27)(H2,22,25,29)/t15-,18+/m1/s1. The molecule has 2 atom stereocenters. The maximum atomic E-state index is 12.7. The summed E-state index contributed by atoms with van der Waals surface area (Å²) in [5, 5.41) is 6.04. The molecule has 0 aliphatic carbocycles. The maximum absolute atomic E-state index is 12.7. The minimum Gasteiger partial charge on any atom is -0.383 e. The van der Waals surface area contributed by atoms with Crippen LogP contribution in [0.15, 0.2) is 60.7 Å². The molecule has 0 unspecified atom stereocenters. The summed E-state index contributed by atoms with van der Waals surface area (Å²) in [5.41, 5.74) is 6.63. The smallest absolute Gasteiger partial charge is 0.261 e. The molecule has 0 aliphatic rings. The molecule has 154 valence electrons. The van der Waals surface area contributed by atoms with E-state index < -0.39 is 11.9 Å². The van der Waals surface area contributed by atoms with Gasteiger partial charge < -0.3 is 15.4 Å². The van der Waals surface area contributed by atoms with Crippen molar-refractivity contribution in [3.05, 3.63) is 71.8 Å². The zero-order chi connectivity index (χ0) is 21.1. The van der Waals surface area contributed by atoms with Gasteiger partial charge in [0.15, 0.2) is 5.11 Å². The molecule has 0 bridgehead atoms. The molecule has 2 aromatic rings. The number of nitrogens with one attached hydrogen (secondary N) is 4. The van der Waals surface area contributed by atoms with E-state index >= 15 is 0 Å². The van der Waals surface area contributed by atoms with Crippen LogP contribution in [0.2, 0.25) is 0 Å². The maximum Gasteiger partial charge on any atom is 0.261 e. The minimum atomic E-state index is -0.781. The first-order chi connectivity index (χ1) is 14.0. The van der Waals surface area contributed by atoms with E-state index in [9.17, 15) is 9.59 Å². The van der Waals surface area contributed by atoms with Crippen LogP contribution in [-0.2, 0) is 16.0 Å². The van der Waals surface area contributed by atoms with E-state index in [0.29, 0.717) is 18.6 Å². The molecular formula is C21H26N4O3S. The highest BCUT2D eigenvalue weighted by molar-refractivity contribution is 7.80. The van der Waals surface area contributed by atoms with Gasteiger partial charge in [0.25, 0.3) is 11.8 Å². The number of thiocarbonyl (C=S) groups is 1. The number of benzene rings is 2. The van der Waals surface area contributed by atoms with Gasteiger partial charge in [0.05, 0.1) is 6.61 Å². The lowest BCUT2D eigenvalue weighted by Crippen LogP contribution is -2.56. The molecule has 0 spiro atoms. The molecule has 0 fully saturated rings. The second kappa shape index (κ2) is 11.8. The number of amides is 2. The molecule has 0 aliphatic heterocycles. The normalized spacial score (nSPS) is 12.3. The van der Waals surface area contributed by atoms with Crippen molar-refractivity contribution in [3.63, 3.8) is 0 Å². The van der Waals surface area contributed by atoms with E-state index in [-0.39, 0.29) is 17.1 Å². The van der Waals surface area contributed by atoms with E-state index in [1.807, 2.05) is 43.3 Å². The van der Waals surface area contributed by atoms with Crippen LogP contribution < -0.4 is 21.5 Å². The lowest BCUT2D eigenvalue weighted by Gasteiger charge is -2.21. The van der Waals surface area contributed by atoms with Crippen molar-refractivity contribution in [2.75, 3.05) is 13.7 Å². The van der Waals surface area contributed by atoms with Crippen LogP contribution in [0.5, 0.6) is 0 Å². The van der Waals surface area contributed by atoms with Gasteiger partial charge in [-0.1, -0.05) is 48.5 Å². The largest absolute Gasteiger partial charge is 0.383 e. The molecule has 8 heteroatoms. The number of hydrogen-bond donors (Lipinski definition) is 4. The zero-order valence-electron chi connectivity index (χ0n) is 16.5. The van der Waals surface area contributed by atoms with Gasteiger partial charge in [0.1, 0.15) is 6.04 Å². The lowest BCUT2D eigenvalue weighted by molar-refractivity contribution is -0.123. The average molecular weight is 415 g/mol. The fourth-order valence-corrected chi connectivity index (χ4v) is 2.90. The predicted molar refractivity (Wildman–Crippen MR) is 116 cm³/mol. The van der Waals surface area contributed by atoms with E-state index in [4.69, 9.17) is 17.0 Å². The number of hydrazine groups is 1. The predicted octanol–water partition coefficient (Wildman–Crippen LogP) is 1.56. The molecule has 0 saturated heterocycles. The van der Waals surface area contributed by atoms with Crippen LogP contribution in [0.1, 0.15) is 22.8 Å². The monoisotopic (exact) mass is 414 g/mol. The van der Waals surface area contributed by atoms with Crippen LogP contribution in [0.25, 0.3) is 0 Å². The van der Waals surface area contributed by atoms with Crippen molar-refractivity contribution < 1.29 is 14.3 Å². The second-order valence-electron chi connectivity index (χ2n) is 6.53. The first-order valence-corrected chi connectivity index (χ1v) is 9.65. The topological polar surface area (TPSA) is 91.5 Å². The summed E-state index contributed by atoms with van der Waals surface area (Å²) >= 11 is 5.16. The molecular weight excluding hydrogens is 388 g/mol. The van der Waals surface area contributed by atoms with Gasteiger partial charge in [-0.15, -0.1) is 0 Å². The lowest BCUT2D eigenvalue weighted by atomic mass is 10.0. The summed E-state index contributed by atoms with van der Waals surface area (Å²) in [6.07, 6.45) is 0.340. The molecule has 2 aromatic carbocycles. The third kappa shape index (κ3) is 7.89. The van der Waals surface area contributed by atoms with Crippen molar-refractivity contribution in [2.24, 2.45) is 0 Å². The van der Waals surface area contributed by atoms with E-state index in [0.717, 1.165) is 5.56 Å². The number of hydrogen-bond acceptors (Lipinski definition) is 4. The summed E-state index contributed by atoms with van der Waals surface area (Å²) in [6, 6.07) is 17.4. The number of carbonyl (C=O) groups is 2. The van der Waals surface area contributed by atoms with Crippen molar-refractivity contribution in [2.45, 2.75) is 25.4 Å². The summed E-state index contributed by atoms with van der Waals surface area (Å²) in [6.45, 7) is 2.37. The molecule has 0 radical (unpaired) electrons. The zero-order valence-corrected chi connectivity index (χ0v) is 17.3. The molecule has 7 nitrogen and oxygen atoms in total. The second-order valence-corrected chi connectivity index (χ2v) is 6.93. The van der Waals surface area contributed by atoms with Crippen molar-refractivity contribution >= 4 is 29.1 Å². The van der Waals surface area contributed by atoms with Crippen LogP contribution in [-0.4, -0.2) is 42.7 Å². The third-order valence-electron chi connectivity index (χ3n) is 4.03. The summed E-state index contributed by atoms with van der Waals surface area (Å²) in [5.74, 6) is -0.724. The summed E-state index contributed by atoms with van der Waals surface area (Å²) in [4.78, 5) is 25.3.